The normalized spacial score (nSPS) is 17.0. The Hall–Kier alpha value is -2.25. The molecule has 2 heterocycles. The highest BCUT2D eigenvalue weighted by Gasteiger charge is 2.27. The molecule has 0 bridgehead atoms. The van der Waals surface area contributed by atoms with Gasteiger partial charge in [0.2, 0.25) is 0 Å². The molecule has 0 saturated carbocycles. The van der Waals surface area contributed by atoms with Crippen LogP contribution in [0.5, 0.6) is 0 Å². The third-order valence-electron chi connectivity index (χ3n) is 4.97. The summed E-state index contributed by atoms with van der Waals surface area (Å²) in [5.74, 6) is -0.783. The number of halogens is 1. The molecule has 2 aromatic rings. The molecule has 0 atom stereocenters. The second kappa shape index (κ2) is 7.05. The van der Waals surface area contributed by atoms with Gasteiger partial charge in [0.25, 0.3) is 0 Å². The monoisotopic (exact) mass is 444 g/mol. The number of H-pyrrole nitrogens is 1. The first-order valence-electron chi connectivity index (χ1n) is 8.75. The van der Waals surface area contributed by atoms with Crippen LogP contribution in [-0.4, -0.2) is 26.8 Å². The lowest BCUT2D eigenvalue weighted by Gasteiger charge is -2.11. The van der Waals surface area contributed by atoms with E-state index in [1.54, 1.807) is 0 Å². The van der Waals surface area contributed by atoms with Crippen LogP contribution in [0.4, 0.5) is 5.69 Å². The van der Waals surface area contributed by atoms with Crippen LogP contribution in [0.1, 0.15) is 52.1 Å². The molecule has 1 aliphatic heterocycles. The fourth-order valence-corrected chi connectivity index (χ4v) is 4.40. The van der Waals surface area contributed by atoms with Gasteiger partial charge in [-0.05, 0) is 43.0 Å². The summed E-state index contributed by atoms with van der Waals surface area (Å²) >= 11 is 8.96. The van der Waals surface area contributed by atoms with Gasteiger partial charge in [-0.15, -0.1) is 0 Å². The maximum atomic E-state index is 12.5. The number of carboxylic acids is 1. The number of anilines is 1. The standard InChI is InChI=1S/C20H17BrN2O3S/c21-10-4-5-11-13(20(27)23-15(11)8-10)9-16-12(6-7-18(25)26)19-14(22-16)2-1-3-17(19)24/h4-5,8-9,22H,1-3,6-7H2,(H,23,27)(H,25,26). The number of ketones is 1. The van der Waals surface area contributed by atoms with Gasteiger partial charge < -0.3 is 15.4 Å². The van der Waals surface area contributed by atoms with Crippen molar-refractivity contribution in [2.45, 2.75) is 32.1 Å². The van der Waals surface area contributed by atoms with E-state index < -0.39 is 5.97 Å². The lowest BCUT2D eigenvalue weighted by Crippen LogP contribution is -2.11. The number of aromatic amines is 1. The molecular formula is C20H17BrN2O3S. The largest absolute Gasteiger partial charge is 0.481 e. The summed E-state index contributed by atoms with van der Waals surface area (Å²) in [6.45, 7) is 0. The number of fused-ring (bicyclic) bond motifs is 2. The predicted molar refractivity (Wildman–Crippen MR) is 112 cm³/mol. The van der Waals surface area contributed by atoms with Crippen molar-refractivity contribution in [3.63, 3.8) is 0 Å². The first-order chi connectivity index (χ1) is 12.9. The van der Waals surface area contributed by atoms with Crippen molar-refractivity contribution < 1.29 is 14.7 Å². The molecule has 1 aromatic carbocycles. The SMILES string of the molecule is O=C(O)CCc1c(C=C2C(=S)Nc3cc(Br)ccc32)[nH]c2c1C(=O)CCC2. The van der Waals surface area contributed by atoms with Crippen LogP contribution in [0.15, 0.2) is 22.7 Å². The van der Waals surface area contributed by atoms with E-state index in [1.165, 1.54) is 0 Å². The maximum Gasteiger partial charge on any atom is 0.303 e. The number of hydrogen-bond donors (Lipinski definition) is 3. The van der Waals surface area contributed by atoms with Gasteiger partial charge in [0.05, 0.1) is 0 Å². The third-order valence-corrected chi connectivity index (χ3v) is 5.78. The summed E-state index contributed by atoms with van der Waals surface area (Å²) in [4.78, 5) is 27.5. The number of rotatable bonds is 4. The van der Waals surface area contributed by atoms with Gasteiger partial charge in [0, 0.05) is 51.1 Å². The zero-order valence-corrected chi connectivity index (χ0v) is 16.8. The van der Waals surface area contributed by atoms with E-state index >= 15 is 0 Å². The second-order valence-electron chi connectivity index (χ2n) is 6.74. The summed E-state index contributed by atoms with van der Waals surface area (Å²) in [5.41, 5.74) is 5.96. The zero-order chi connectivity index (χ0) is 19.1. The van der Waals surface area contributed by atoms with E-state index in [0.29, 0.717) is 23.4 Å². The number of carbonyl (C=O) groups excluding carboxylic acids is 1. The highest BCUT2D eigenvalue weighted by molar-refractivity contribution is 9.10. The number of aryl methyl sites for hydroxylation is 1. The van der Waals surface area contributed by atoms with Crippen LogP contribution in [-0.2, 0) is 17.6 Å². The number of nitrogens with one attached hydrogen (secondary N) is 2. The minimum atomic E-state index is -0.875. The molecule has 0 unspecified atom stereocenters. The first kappa shape index (κ1) is 18.1. The van der Waals surface area contributed by atoms with Crippen LogP contribution >= 0.6 is 28.1 Å². The molecule has 1 aliphatic carbocycles. The molecule has 3 N–H and O–H groups in total. The van der Waals surface area contributed by atoms with E-state index in [0.717, 1.165) is 51.1 Å². The van der Waals surface area contributed by atoms with Crippen LogP contribution in [0.25, 0.3) is 11.6 Å². The molecule has 2 aliphatic rings. The highest BCUT2D eigenvalue weighted by Crippen LogP contribution is 2.37. The van der Waals surface area contributed by atoms with Crippen molar-refractivity contribution in [3.8, 4) is 0 Å². The van der Waals surface area contributed by atoms with E-state index in [1.807, 2.05) is 24.3 Å². The van der Waals surface area contributed by atoms with Crippen molar-refractivity contribution in [2.75, 3.05) is 5.32 Å². The lowest BCUT2D eigenvalue weighted by atomic mass is 9.91. The zero-order valence-electron chi connectivity index (χ0n) is 14.4. The molecule has 0 spiro atoms. The smallest absolute Gasteiger partial charge is 0.303 e. The number of hydrogen-bond acceptors (Lipinski definition) is 3. The quantitative estimate of drug-likeness (QED) is 0.473. The van der Waals surface area contributed by atoms with E-state index in [-0.39, 0.29) is 12.2 Å². The van der Waals surface area contributed by atoms with Crippen molar-refractivity contribution in [3.05, 3.63) is 50.8 Å². The van der Waals surface area contributed by atoms with Gasteiger partial charge in [-0.3, -0.25) is 9.59 Å². The topological polar surface area (TPSA) is 82.2 Å². The van der Waals surface area contributed by atoms with Gasteiger partial charge >= 0.3 is 5.97 Å². The molecule has 4 rings (SSSR count). The minimum Gasteiger partial charge on any atom is -0.481 e. The molecule has 5 nitrogen and oxygen atoms in total. The Morgan fingerprint density at radius 1 is 1.33 bits per heavy atom. The second-order valence-corrected chi connectivity index (χ2v) is 8.07. The number of aromatic nitrogens is 1. The first-order valence-corrected chi connectivity index (χ1v) is 9.96. The van der Waals surface area contributed by atoms with Gasteiger partial charge in [0.15, 0.2) is 5.78 Å². The summed E-state index contributed by atoms with van der Waals surface area (Å²) in [7, 11) is 0. The highest BCUT2D eigenvalue weighted by atomic mass is 79.9. The van der Waals surface area contributed by atoms with E-state index in [4.69, 9.17) is 17.3 Å². The van der Waals surface area contributed by atoms with Crippen molar-refractivity contribution >= 4 is 62.2 Å². The summed E-state index contributed by atoms with van der Waals surface area (Å²) in [5, 5.41) is 12.3. The molecule has 1 aromatic heterocycles. The van der Waals surface area contributed by atoms with Gasteiger partial charge in [-0.25, -0.2) is 0 Å². The molecule has 7 heteroatoms. The predicted octanol–water partition coefficient (Wildman–Crippen LogP) is 4.61. The number of carbonyl (C=O) groups is 2. The molecule has 27 heavy (non-hydrogen) atoms. The minimum absolute atomic E-state index is 0.0139. The van der Waals surface area contributed by atoms with Crippen molar-refractivity contribution in [2.24, 2.45) is 0 Å². The van der Waals surface area contributed by atoms with Crippen molar-refractivity contribution in [1.29, 1.82) is 0 Å². The van der Waals surface area contributed by atoms with Crippen molar-refractivity contribution in [1.82, 2.24) is 4.98 Å². The van der Waals surface area contributed by atoms with Gasteiger partial charge in [-0.1, -0.05) is 34.2 Å². The molecular weight excluding hydrogens is 428 g/mol. The van der Waals surface area contributed by atoms with Gasteiger partial charge in [-0.2, -0.15) is 0 Å². The summed E-state index contributed by atoms with van der Waals surface area (Å²) in [6, 6.07) is 5.91. The molecule has 0 saturated heterocycles. The Morgan fingerprint density at radius 2 is 2.15 bits per heavy atom. The van der Waals surface area contributed by atoms with Gasteiger partial charge in [0.1, 0.15) is 4.99 Å². The lowest BCUT2D eigenvalue weighted by molar-refractivity contribution is -0.136. The fourth-order valence-electron chi connectivity index (χ4n) is 3.76. The Labute approximate surface area is 170 Å². The average Bonchev–Trinajstić information content (AvgIpc) is 3.11. The Bertz CT molecular complexity index is 1020. The number of aliphatic carboxylic acids is 1. The molecule has 0 radical (unpaired) electrons. The van der Waals surface area contributed by atoms with E-state index in [9.17, 15) is 9.59 Å². The third kappa shape index (κ3) is 3.37. The Morgan fingerprint density at radius 3 is 2.93 bits per heavy atom. The van der Waals surface area contributed by atoms with Crippen LogP contribution in [0.3, 0.4) is 0 Å². The van der Waals surface area contributed by atoms with Crippen LogP contribution < -0.4 is 5.32 Å². The fraction of sp³-hybridized carbons (Fsp3) is 0.250. The van der Waals surface area contributed by atoms with Crippen LogP contribution in [0.2, 0.25) is 0 Å². The summed E-state index contributed by atoms with van der Waals surface area (Å²) in [6.07, 6.45) is 4.38. The number of Topliss-reactive ketones (excluding diaryl/α,β-unsaturated/α-hetero) is 1. The Kier molecular flexibility index (Phi) is 4.74. The number of thiocarbonyl (C=S) groups is 1. The molecule has 0 fully saturated rings. The van der Waals surface area contributed by atoms with Crippen LogP contribution in [0, 0.1) is 0 Å². The summed E-state index contributed by atoms with van der Waals surface area (Å²) < 4.78 is 0.959. The molecule has 0 amide bonds. The Balaban J connectivity index is 1.82. The van der Waals surface area contributed by atoms with E-state index in [2.05, 4.69) is 26.2 Å². The average molecular weight is 445 g/mol. The molecule has 138 valence electrons. The number of benzene rings is 1. The number of carboxylic acid groups (broad SMARTS) is 1. The maximum absolute atomic E-state index is 12.5.